The smallest absolute Gasteiger partial charge is 0.340 e. The molecule has 0 spiro atoms. The van der Waals surface area contributed by atoms with Crippen LogP contribution in [0.5, 0.6) is 0 Å². The predicted molar refractivity (Wildman–Crippen MR) is 85.6 cm³/mol. The highest BCUT2D eigenvalue weighted by Crippen LogP contribution is 2.30. The fraction of sp³-hybridized carbons (Fsp3) is 0.333. The van der Waals surface area contributed by atoms with E-state index in [0.717, 1.165) is 11.4 Å². The lowest BCUT2D eigenvalue weighted by Crippen LogP contribution is -2.15. The zero-order valence-electron chi connectivity index (χ0n) is 12.1. The Labute approximate surface area is 128 Å². The lowest BCUT2D eigenvalue weighted by molar-refractivity contribution is 0.0527. The number of rotatable bonds is 6. The molecule has 2 rings (SSSR count). The van der Waals surface area contributed by atoms with Crippen LogP contribution in [0.25, 0.3) is 0 Å². The molecule has 5 nitrogen and oxygen atoms in total. The second-order valence-corrected chi connectivity index (χ2v) is 5.39. The van der Waals surface area contributed by atoms with E-state index in [-0.39, 0.29) is 12.0 Å². The van der Waals surface area contributed by atoms with Gasteiger partial charge >= 0.3 is 5.97 Å². The van der Waals surface area contributed by atoms with Crippen LogP contribution in [0.1, 0.15) is 41.7 Å². The Morgan fingerprint density at radius 3 is 2.90 bits per heavy atom. The van der Waals surface area contributed by atoms with E-state index in [9.17, 15) is 4.79 Å². The summed E-state index contributed by atoms with van der Waals surface area (Å²) in [5.41, 5.74) is 7.61. The van der Waals surface area contributed by atoms with Gasteiger partial charge in [-0.05, 0) is 25.5 Å². The number of hydrogen-bond acceptors (Lipinski definition) is 6. The van der Waals surface area contributed by atoms with Crippen LogP contribution in [0.15, 0.2) is 29.8 Å². The highest BCUT2D eigenvalue weighted by atomic mass is 32.1. The molecular weight excluding hydrogens is 286 g/mol. The molecule has 1 heterocycles. The molecule has 0 aliphatic carbocycles. The van der Waals surface area contributed by atoms with Gasteiger partial charge in [0.25, 0.3) is 0 Å². The molecule has 0 amide bonds. The molecule has 1 aromatic carbocycles. The van der Waals surface area contributed by atoms with E-state index in [0.29, 0.717) is 23.5 Å². The van der Waals surface area contributed by atoms with Gasteiger partial charge in [-0.15, -0.1) is 11.3 Å². The SMILES string of the molecule is CCOC(=O)c1cccc(N)c1NC(CC)c1nccs1. The zero-order valence-corrected chi connectivity index (χ0v) is 12.9. The van der Waals surface area contributed by atoms with Gasteiger partial charge in [0.15, 0.2) is 0 Å². The molecule has 2 aromatic rings. The number of aromatic nitrogens is 1. The Hall–Kier alpha value is -2.08. The average molecular weight is 305 g/mol. The van der Waals surface area contributed by atoms with Crippen LogP contribution in [0, 0.1) is 0 Å². The molecular formula is C15H19N3O2S. The summed E-state index contributed by atoms with van der Waals surface area (Å²) in [6.07, 6.45) is 2.61. The summed E-state index contributed by atoms with van der Waals surface area (Å²) in [5.74, 6) is -0.374. The summed E-state index contributed by atoms with van der Waals surface area (Å²) in [6, 6.07) is 5.24. The maximum Gasteiger partial charge on any atom is 0.340 e. The molecule has 1 aromatic heterocycles. The normalized spacial score (nSPS) is 11.9. The molecule has 0 saturated carbocycles. The van der Waals surface area contributed by atoms with Gasteiger partial charge in [0.2, 0.25) is 0 Å². The van der Waals surface area contributed by atoms with E-state index in [4.69, 9.17) is 10.5 Å². The lowest BCUT2D eigenvalue weighted by atomic mass is 10.1. The number of nitrogens with zero attached hydrogens (tertiary/aromatic N) is 1. The highest BCUT2D eigenvalue weighted by molar-refractivity contribution is 7.09. The number of anilines is 2. The number of para-hydroxylation sites is 1. The van der Waals surface area contributed by atoms with Crippen molar-refractivity contribution in [2.75, 3.05) is 17.7 Å². The molecule has 0 fully saturated rings. The van der Waals surface area contributed by atoms with Crippen LogP contribution in [0.2, 0.25) is 0 Å². The predicted octanol–water partition coefficient (Wildman–Crippen LogP) is 3.47. The Morgan fingerprint density at radius 2 is 2.29 bits per heavy atom. The van der Waals surface area contributed by atoms with Crippen LogP contribution >= 0.6 is 11.3 Å². The summed E-state index contributed by atoms with van der Waals surface area (Å²) < 4.78 is 5.08. The minimum Gasteiger partial charge on any atom is -0.462 e. The summed E-state index contributed by atoms with van der Waals surface area (Å²) >= 11 is 1.57. The van der Waals surface area contributed by atoms with Gasteiger partial charge in [-0.2, -0.15) is 0 Å². The monoisotopic (exact) mass is 305 g/mol. The molecule has 112 valence electrons. The third kappa shape index (κ3) is 3.52. The molecule has 0 aliphatic heterocycles. The van der Waals surface area contributed by atoms with Crippen LogP contribution in [0.4, 0.5) is 11.4 Å². The van der Waals surface area contributed by atoms with E-state index in [1.165, 1.54) is 0 Å². The largest absolute Gasteiger partial charge is 0.462 e. The van der Waals surface area contributed by atoms with Crippen molar-refractivity contribution < 1.29 is 9.53 Å². The molecule has 0 radical (unpaired) electrons. The van der Waals surface area contributed by atoms with Crippen LogP contribution in [-0.2, 0) is 4.74 Å². The summed E-state index contributed by atoms with van der Waals surface area (Å²) in [5, 5.41) is 6.23. The van der Waals surface area contributed by atoms with Crippen molar-refractivity contribution in [1.82, 2.24) is 4.98 Å². The number of esters is 1. The van der Waals surface area contributed by atoms with Gasteiger partial charge in [0, 0.05) is 11.6 Å². The molecule has 21 heavy (non-hydrogen) atoms. The summed E-state index contributed by atoms with van der Waals surface area (Å²) in [4.78, 5) is 16.4. The van der Waals surface area contributed by atoms with Crippen molar-refractivity contribution in [3.8, 4) is 0 Å². The van der Waals surface area contributed by atoms with E-state index in [1.807, 2.05) is 5.38 Å². The number of hydrogen-bond donors (Lipinski definition) is 2. The number of nitrogens with two attached hydrogens (primary N) is 1. The van der Waals surface area contributed by atoms with E-state index < -0.39 is 0 Å². The number of ether oxygens (including phenoxy) is 1. The van der Waals surface area contributed by atoms with Gasteiger partial charge in [-0.1, -0.05) is 13.0 Å². The Balaban J connectivity index is 2.32. The first kappa shape index (κ1) is 15.3. The van der Waals surface area contributed by atoms with Crippen molar-refractivity contribution in [1.29, 1.82) is 0 Å². The average Bonchev–Trinajstić information content (AvgIpc) is 3.00. The minimum atomic E-state index is -0.374. The van der Waals surface area contributed by atoms with Gasteiger partial charge < -0.3 is 15.8 Å². The van der Waals surface area contributed by atoms with Crippen molar-refractivity contribution >= 4 is 28.7 Å². The highest BCUT2D eigenvalue weighted by Gasteiger charge is 2.19. The number of nitrogen functional groups attached to an aromatic ring is 1. The Kier molecular flexibility index (Phi) is 5.16. The quantitative estimate of drug-likeness (QED) is 0.631. The van der Waals surface area contributed by atoms with Crippen LogP contribution < -0.4 is 11.1 Å². The lowest BCUT2D eigenvalue weighted by Gasteiger charge is -2.19. The maximum atomic E-state index is 12.0. The van der Waals surface area contributed by atoms with Crippen molar-refractivity contribution in [3.63, 3.8) is 0 Å². The van der Waals surface area contributed by atoms with Crippen molar-refractivity contribution in [2.45, 2.75) is 26.3 Å². The maximum absolute atomic E-state index is 12.0. The molecule has 1 unspecified atom stereocenters. The van der Waals surface area contributed by atoms with Gasteiger partial charge in [-0.25, -0.2) is 9.78 Å². The molecule has 6 heteroatoms. The van der Waals surface area contributed by atoms with Crippen LogP contribution in [-0.4, -0.2) is 17.6 Å². The second-order valence-electron chi connectivity index (χ2n) is 4.47. The first-order valence-electron chi connectivity index (χ1n) is 6.88. The van der Waals surface area contributed by atoms with Crippen LogP contribution in [0.3, 0.4) is 0 Å². The van der Waals surface area contributed by atoms with Gasteiger partial charge in [0.1, 0.15) is 5.01 Å². The summed E-state index contributed by atoms with van der Waals surface area (Å²) in [7, 11) is 0. The van der Waals surface area contributed by atoms with Crippen molar-refractivity contribution in [2.24, 2.45) is 0 Å². The van der Waals surface area contributed by atoms with Crippen molar-refractivity contribution in [3.05, 3.63) is 40.3 Å². The third-order valence-electron chi connectivity index (χ3n) is 3.07. The van der Waals surface area contributed by atoms with E-state index in [1.54, 1.807) is 42.7 Å². The molecule has 1 atom stereocenters. The molecule has 3 N–H and O–H groups in total. The number of carbonyl (C=O) groups excluding carboxylic acids is 1. The first-order valence-corrected chi connectivity index (χ1v) is 7.76. The number of nitrogens with one attached hydrogen (secondary N) is 1. The van der Waals surface area contributed by atoms with E-state index >= 15 is 0 Å². The van der Waals surface area contributed by atoms with Gasteiger partial charge in [0.05, 0.1) is 29.6 Å². The fourth-order valence-corrected chi connectivity index (χ4v) is 2.80. The Morgan fingerprint density at radius 1 is 1.48 bits per heavy atom. The number of thiazole rings is 1. The molecule has 0 aliphatic rings. The topological polar surface area (TPSA) is 77.2 Å². The Bertz CT molecular complexity index is 599. The standard InChI is InChI=1S/C15H19N3O2S/c1-3-12(14-17-8-9-21-14)18-13-10(15(19)20-4-2)6-5-7-11(13)16/h5-9,12,18H,3-4,16H2,1-2H3. The first-order chi connectivity index (χ1) is 10.2. The third-order valence-corrected chi connectivity index (χ3v) is 3.96. The van der Waals surface area contributed by atoms with Gasteiger partial charge in [-0.3, -0.25) is 0 Å². The molecule has 0 bridgehead atoms. The molecule has 0 saturated heterocycles. The minimum absolute atomic E-state index is 0.0166. The fourth-order valence-electron chi connectivity index (χ4n) is 2.03. The number of carbonyl (C=O) groups is 1. The van der Waals surface area contributed by atoms with E-state index in [2.05, 4.69) is 17.2 Å². The zero-order chi connectivity index (χ0) is 15.2. The second kappa shape index (κ2) is 7.08. The number of benzene rings is 1. The summed E-state index contributed by atoms with van der Waals surface area (Å²) in [6.45, 7) is 4.17.